The van der Waals surface area contributed by atoms with Crippen molar-refractivity contribution in [3.8, 4) is 11.3 Å². The Morgan fingerprint density at radius 1 is 1.38 bits per heavy atom. The predicted octanol–water partition coefficient (Wildman–Crippen LogP) is 3.44. The maximum Gasteiger partial charge on any atom is 0.137 e. The van der Waals surface area contributed by atoms with Gasteiger partial charge in [0, 0.05) is 30.1 Å². The van der Waals surface area contributed by atoms with Gasteiger partial charge in [0.1, 0.15) is 5.65 Å². The van der Waals surface area contributed by atoms with Gasteiger partial charge in [-0.2, -0.15) is 0 Å². The third-order valence-electron chi connectivity index (χ3n) is 3.39. The monoisotopic (exact) mass is 316 g/mol. The molecule has 3 rings (SSSR count). The second kappa shape index (κ2) is 5.42. The molecule has 3 aromatic heterocycles. The average molecular weight is 317 g/mol. The molecule has 0 aromatic carbocycles. The van der Waals surface area contributed by atoms with Crippen molar-refractivity contribution in [2.45, 2.75) is 12.8 Å². The molecule has 6 heteroatoms. The van der Waals surface area contributed by atoms with Crippen LogP contribution in [0.3, 0.4) is 0 Å². The number of hydrogen-bond acceptors (Lipinski definition) is 3. The summed E-state index contributed by atoms with van der Waals surface area (Å²) < 4.78 is 1.94. The zero-order valence-electron chi connectivity index (χ0n) is 11.3. The Hall–Kier alpha value is -1.98. The Morgan fingerprint density at radius 3 is 2.86 bits per heavy atom. The quantitative estimate of drug-likeness (QED) is 0.752. The number of pyridine rings is 2. The fourth-order valence-corrected chi connectivity index (χ4v) is 2.57. The molecular formula is C15H13ClN4S. The smallest absolute Gasteiger partial charge is 0.137 e. The molecule has 2 N–H and O–H groups in total. The van der Waals surface area contributed by atoms with Crippen LogP contribution >= 0.6 is 23.8 Å². The summed E-state index contributed by atoms with van der Waals surface area (Å²) in [4.78, 5) is 9.25. The molecule has 0 radical (unpaired) electrons. The minimum atomic E-state index is -0.122. The van der Waals surface area contributed by atoms with Crippen LogP contribution in [0, 0.1) is 0 Å². The van der Waals surface area contributed by atoms with E-state index in [0.717, 1.165) is 22.6 Å². The summed E-state index contributed by atoms with van der Waals surface area (Å²) in [6.07, 6.45) is 5.33. The minimum absolute atomic E-state index is 0.122. The summed E-state index contributed by atoms with van der Waals surface area (Å²) in [6, 6.07) is 7.53. The highest BCUT2D eigenvalue weighted by molar-refractivity contribution is 7.80. The molecule has 3 aromatic rings. The first kappa shape index (κ1) is 14.0. The van der Waals surface area contributed by atoms with Crippen LogP contribution in [-0.4, -0.2) is 19.4 Å². The van der Waals surface area contributed by atoms with Gasteiger partial charge in [0.25, 0.3) is 0 Å². The maximum absolute atomic E-state index is 6.11. The molecular weight excluding hydrogens is 304 g/mol. The van der Waals surface area contributed by atoms with E-state index in [2.05, 4.69) is 9.97 Å². The molecule has 0 aliphatic carbocycles. The summed E-state index contributed by atoms with van der Waals surface area (Å²) in [7, 11) is 0. The Kier molecular flexibility index (Phi) is 3.61. The van der Waals surface area contributed by atoms with Gasteiger partial charge in [0.2, 0.25) is 0 Å². The SMILES string of the molecule is CC(C(N)=S)c1c(-c2cccnc2)nc2ccc(Cl)cn12. The highest BCUT2D eigenvalue weighted by atomic mass is 35.5. The van der Waals surface area contributed by atoms with Crippen LogP contribution in [0.25, 0.3) is 16.9 Å². The van der Waals surface area contributed by atoms with E-state index in [1.54, 1.807) is 12.4 Å². The van der Waals surface area contributed by atoms with Crippen molar-refractivity contribution in [3.05, 3.63) is 53.6 Å². The fraction of sp³-hybridized carbons (Fsp3) is 0.133. The van der Waals surface area contributed by atoms with E-state index in [4.69, 9.17) is 29.6 Å². The number of nitrogens with zero attached hydrogens (tertiary/aromatic N) is 3. The van der Waals surface area contributed by atoms with Crippen molar-refractivity contribution in [2.75, 3.05) is 0 Å². The van der Waals surface area contributed by atoms with E-state index in [-0.39, 0.29) is 5.92 Å². The molecule has 106 valence electrons. The summed E-state index contributed by atoms with van der Waals surface area (Å²) in [5, 5.41) is 0.633. The van der Waals surface area contributed by atoms with Crippen molar-refractivity contribution in [2.24, 2.45) is 5.73 Å². The number of halogens is 1. The summed E-state index contributed by atoms with van der Waals surface area (Å²) >= 11 is 11.3. The normalized spacial score (nSPS) is 12.5. The van der Waals surface area contributed by atoms with Crippen LogP contribution in [0.2, 0.25) is 5.02 Å². The lowest BCUT2D eigenvalue weighted by molar-refractivity contribution is 0.930. The lowest BCUT2D eigenvalue weighted by Gasteiger charge is -2.12. The largest absolute Gasteiger partial charge is 0.393 e. The third kappa shape index (κ3) is 2.50. The lowest BCUT2D eigenvalue weighted by atomic mass is 10.0. The van der Waals surface area contributed by atoms with E-state index in [9.17, 15) is 0 Å². The first-order valence-electron chi connectivity index (χ1n) is 6.45. The van der Waals surface area contributed by atoms with Gasteiger partial charge in [-0.15, -0.1) is 0 Å². The number of imidazole rings is 1. The van der Waals surface area contributed by atoms with Crippen LogP contribution < -0.4 is 5.73 Å². The Balaban J connectivity index is 2.33. The van der Waals surface area contributed by atoms with Gasteiger partial charge in [-0.25, -0.2) is 4.98 Å². The highest BCUT2D eigenvalue weighted by Crippen LogP contribution is 2.30. The van der Waals surface area contributed by atoms with Crippen molar-refractivity contribution in [3.63, 3.8) is 0 Å². The number of hydrogen-bond donors (Lipinski definition) is 1. The molecule has 0 saturated carbocycles. The third-order valence-corrected chi connectivity index (χ3v) is 3.97. The predicted molar refractivity (Wildman–Crippen MR) is 88.6 cm³/mol. The van der Waals surface area contributed by atoms with Gasteiger partial charge >= 0.3 is 0 Å². The van der Waals surface area contributed by atoms with Crippen molar-refractivity contribution in [1.29, 1.82) is 0 Å². The molecule has 0 amide bonds. The minimum Gasteiger partial charge on any atom is -0.393 e. The van der Waals surface area contributed by atoms with Crippen LogP contribution in [0.15, 0.2) is 42.9 Å². The van der Waals surface area contributed by atoms with Crippen LogP contribution in [0.5, 0.6) is 0 Å². The zero-order valence-corrected chi connectivity index (χ0v) is 12.9. The van der Waals surface area contributed by atoms with Gasteiger partial charge < -0.3 is 10.1 Å². The molecule has 0 fully saturated rings. The van der Waals surface area contributed by atoms with E-state index in [1.165, 1.54) is 0 Å². The summed E-state index contributed by atoms with van der Waals surface area (Å²) in [5.74, 6) is -0.122. The molecule has 21 heavy (non-hydrogen) atoms. The number of nitrogens with two attached hydrogens (primary N) is 1. The van der Waals surface area contributed by atoms with Gasteiger partial charge in [0.15, 0.2) is 0 Å². The molecule has 1 atom stereocenters. The van der Waals surface area contributed by atoms with E-state index in [1.807, 2.05) is 41.8 Å². The second-order valence-corrected chi connectivity index (χ2v) is 5.69. The van der Waals surface area contributed by atoms with Crippen molar-refractivity contribution < 1.29 is 0 Å². The zero-order chi connectivity index (χ0) is 15.0. The second-order valence-electron chi connectivity index (χ2n) is 4.79. The Labute approximate surface area is 132 Å². The Morgan fingerprint density at radius 2 is 2.19 bits per heavy atom. The lowest BCUT2D eigenvalue weighted by Crippen LogP contribution is -2.18. The molecule has 1 unspecified atom stereocenters. The average Bonchev–Trinajstić information content (AvgIpc) is 2.85. The standard InChI is InChI=1S/C15H13ClN4S/c1-9(15(17)21)14-13(10-3-2-6-18-7-10)19-12-5-4-11(16)8-20(12)14/h2-9H,1H3,(H2,17,21). The molecule has 0 saturated heterocycles. The number of fused-ring (bicyclic) bond motifs is 1. The highest BCUT2D eigenvalue weighted by Gasteiger charge is 2.21. The maximum atomic E-state index is 6.11. The number of rotatable bonds is 3. The van der Waals surface area contributed by atoms with Gasteiger partial charge in [0.05, 0.1) is 21.4 Å². The van der Waals surface area contributed by atoms with Crippen LogP contribution in [0.1, 0.15) is 18.5 Å². The molecule has 4 nitrogen and oxygen atoms in total. The van der Waals surface area contributed by atoms with Crippen molar-refractivity contribution >= 4 is 34.5 Å². The Bertz CT molecular complexity index is 813. The topological polar surface area (TPSA) is 56.2 Å². The molecule has 3 heterocycles. The summed E-state index contributed by atoms with van der Waals surface area (Å²) in [6.45, 7) is 1.96. The summed E-state index contributed by atoms with van der Waals surface area (Å²) in [5.41, 5.74) is 9.32. The fourth-order valence-electron chi connectivity index (χ4n) is 2.30. The molecule has 0 bridgehead atoms. The van der Waals surface area contributed by atoms with E-state index >= 15 is 0 Å². The molecule has 0 aliphatic rings. The van der Waals surface area contributed by atoms with Crippen LogP contribution in [0.4, 0.5) is 0 Å². The van der Waals surface area contributed by atoms with Crippen LogP contribution in [-0.2, 0) is 0 Å². The van der Waals surface area contributed by atoms with E-state index < -0.39 is 0 Å². The first-order valence-corrected chi connectivity index (χ1v) is 7.24. The van der Waals surface area contributed by atoms with E-state index in [0.29, 0.717) is 10.0 Å². The molecule has 0 aliphatic heterocycles. The van der Waals surface area contributed by atoms with Gasteiger partial charge in [-0.3, -0.25) is 4.98 Å². The van der Waals surface area contributed by atoms with Gasteiger partial charge in [-0.05, 0) is 24.3 Å². The number of aromatic nitrogens is 3. The van der Waals surface area contributed by atoms with Gasteiger partial charge in [-0.1, -0.05) is 30.7 Å². The number of thiocarbonyl (C=S) groups is 1. The molecule has 0 spiro atoms. The first-order chi connectivity index (χ1) is 10.1. The van der Waals surface area contributed by atoms with Crippen molar-refractivity contribution in [1.82, 2.24) is 14.4 Å².